The molecule has 0 unspecified atom stereocenters. The van der Waals surface area contributed by atoms with Gasteiger partial charge < -0.3 is 9.47 Å². The highest BCUT2D eigenvalue weighted by molar-refractivity contribution is 6.30. The maximum Gasteiger partial charge on any atom is 0.418 e. The molecule has 0 aliphatic rings. The molecule has 0 spiro atoms. The number of aromatic nitrogens is 2. The van der Waals surface area contributed by atoms with Crippen molar-refractivity contribution in [2.75, 3.05) is 11.9 Å². The van der Waals surface area contributed by atoms with Crippen LogP contribution in [0.3, 0.4) is 0 Å². The van der Waals surface area contributed by atoms with Crippen LogP contribution in [0.15, 0.2) is 54.6 Å². The third kappa shape index (κ3) is 6.83. The lowest BCUT2D eigenvalue weighted by atomic mass is 9.92. The number of esters is 1. The molecule has 1 aromatic heterocycles. The summed E-state index contributed by atoms with van der Waals surface area (Å²) in [7, 11) is 0. The van der Waals surface area contributed by atoms with Crippen molar-refractivity contribution in [3.8, 4) is 11.4 Å². The molecule has 1 N–H and O–H groups in total. The molecule has 0 aliphatic carbocycles. The highest BCUT2D eigenvalue weighted by atomic mass is 35.5. The molecule has 0 aliphatic heterocycles. The van der Waals surface area contributed by atoms with Crippen LogP contribution in [0.5, 0.6) is 5.75 Å². The van der Waals surface area contributed by atoms with Gasteiger partial charge >= 0.3 is 12.1 Å². The van der Waals surface area contributed by atoms with E-state index in [-0.39, 0.29) is 11.4 Å². The first-order valence-electron chi connectivity index (χ1n) is 10.8. The molecule has 2 aromatic carbocycles. The number of rotatable bonds is 7. The van der Waals surface area contributed by atoms with Crippen molar-refractivity contribution in [3.05, 3.63) is 70.9 Å². The number of nitrogens with one attached hydrogen (secondary N) is 1. The summed E-state index contributed by atoms with van der Waals surface area (Å²) in [5.74, 6) is 0.616. The summed E-state index contributed by atoms with van der Waals surface area (Å²) < 4.78 is 12.0. The number of hydrogen-bond donors (Lipinski definition) is 1. The van der Waals surface area contributed by atoms with Crippen molar-refractivity contribution < 1.29 is 19.1 Å². The first-order valence-corrected chi connectivity index (χ1v) is 11.1. The summed E-state index contributed by atoms with van der Waals surface area (Å²) in [5, 5.41) is 8.06. The van der Waals surface area contributed by atoms with Crippen molar-refractivity contribution in [2.45, 2.75) is 46.0 Å². The van der Waals surface area contributed by atoms with E-state index in [2.05, 4.69) is 5.32 Å². The fourth-order valence-corrected chi connectivity index (χ4v) is 3.22. The molecule has 0 saturated carbocycles. The van der Waals surface area contributed by atoms with E-state index in [9.17, 15) is 9.59 Å². The van der Waals surface area contributed by atoms with E-state index in [4.69, 9.17) is 26.2 Å². The van der Waals surface area contributed by atoms with E-state index in [1.807, 2.05) is 51.1 Å². The number of hydrogen-bond acceptors (Lipinski definition) is 5. The number of nitrogens with zero attached hydrogens (tertiary/aromatic N) is 2. The number of carbonyl (C=O) groups is 2. The molecule has 7 nitrogen and oxygen atoms in total. The Bertz CT molecular complexity index is 1120. The van der Waals surface area contributed by atoms with Crippen molar-refractivity contribution >= 4 is 29.5 Å². The van der Waals surface area contributed by atoms with Gasteiger partial charge in [-0.3, -0.25) is 10.1 Å². The van der Waals surface area contributed by atoms with Gasteiger partial charge in [0.05, 0.1) is 18.0 Å². The molecule has 0 radical (unpaired) electrons. The predicted molar refractivity (Wildman–Crippen MR) is 128 cm³/mol. The van der Waals surface area contributed by atoms with Gasteiger partial charge in [0, 0.05) is 22.9 Å². The number of ether oxygens (including phenoxy) is 2. The fourth-order valence-electron chi connectivity index (χ4n) is 3.10. The molecule has 0 saturated heterocycles. The highest BCUT2D eigenvalue weighted by Gasteiger charge is 2.22. The first-order chi connectivity index (χ1) is 15.7. The van der Waals surface area contributed by atoms with E-state index in [0.29, 0.717) is 36.0 Å². The van der Waals surface area contributed by atoms with Crippen LogP contribution in [0.1, 0.15) is 45.4 Å². The number of halogens is 1. The molecule has 0 fully saturated rings. The fraction of sp³-hybridized carbons (Fsp3) is 0.320. The zero-order chi connectivity index (χ0) is 24.0. The van der Waals surface area contributed by atoms with Gasteiger partial charge in [0.15, 0.2) is 0 Å². The van der Waals surface area contributed by atoms with Crippen LogP contribution in [-0.2, 0) is 21.4 Å². The van der Waals surface area contributed by atoms with Gasteiger partial charge in [-0.25, -0.2) is 9.48 Å². The Morgan fingerprint density at radius 1 is 1.09 bits per heavy atom. The molecule has 174 valence electrons. The quantitative estimate of drug-likeness (QED) is 0.433. The summed E-state index contributed by atoms with van der Waals surface area (Å²) in [6, 6.07) is 16.0. The smallest absolute Gasteiger partial charge is 0.418 e. The van der Waals surface area contributed by atoms with Crippen molar-refractivity contribution in [1.82, 2.24) is 9.78 Å². The zero-order valence-corrected chi connectivity index (χ0v) is 20.0. The largest absolute Gasteiger partial charge is 0.466 e. The maximum atomic E-state index is 12.6. The van der Waals surface area contributed by atoms with Gasteiger partial charge in [-0.2, -0.15) is 5.10 Å². The summed E-state index contributed by atoms with van der Waals surface area (Å²) in [6.45, 7) is 8.29. The van der Waals surface area contributed by atoms with Crippen LogP contribution in [0, 0.1) is 0 Å². The molecule has 1 heterocycles. The Morgan fingerprint density at radius 2 is 1.82 bits per heavy atom. The Labute approximate surface area is 198 Å². The minimum Gasteiger partial charge on any atom is -0.466 e. The normalized spacial score (nSPS) is 11.2. The van der Waals surface area contributed by atoms with Crippen LogP contribution < -0.4 is 10.1 Å². The van der Waals surface area contributed by atoms with Crippen LogP contribution in [0.4, 0.5) is 10.6 Å². The molecular weight excluding hydrogens is 442 g/mol. The van der Waals surface area contributed by atoms with Gasteiger partial charge in [-0.15, -0.1) is 0 Å². The van der Waals surface area contributed by atoms with Gasteiger partial charge in [-0.1, -0.05) is 44.5 Å². The lowest BCUT2D eigenvalue weighted by Gasteiger charge is -2.14. The minimum absolute atomic E-state index is 0.232. The van der Waals surface area contributed by atoms with Gasteiger partial charge in [-0.05, 0) is 55.3 Å². The second-order valence-electron chi connectivity index (χ2n) is 8.52. The molecule has 33 heavy (non-hydrogen) atoms. The second kappa shape index (κ2) is 10.5. The van der Waals surface area contributed by atoms with Crippen molar-refractivity contribution in [3.63, 3.8) is 0 Å². The number of amides is 1. The average Bonchev–Trinajstić information content (AvgIpc) is 3.18. The Balaban J connectivity index is 1.84. The van der Waals surface area contributed by atoms with Gasteiger partial charge in [0.2, 0.25) is 0 Å². The van der Waals surface area contributed by atoms with Crippen LogP contribution >= 0.6 is 11.6 Å². The molecule has 8 heteroatoms. The van der Waals surface area contributed by atoms with Crippen LogP contribution in [0.25, 0.3) is 5.69 Å². The average molecular weight is 470 g/mol. The lowest BCUT2D eigenvalue weighted by molar-refractivity contribution is -0.143. The topological polar surface area (TPSA) is 82.5 Å². The standard InChI is InChI=1S/C25H28ClN3O4/c1-5-32-23(30)14-9-17-7-6-8-19(15-17)29-22(16-21(28-29)25(2,3)4)27-24(31)33-20-12-10-18(26)11-13-20/h6-8,10-13,15-16H,5,9,14H2,1-4H3,(H,27,31). The van der Waals surface area contributed by atoms with Gasteiger partial charge in [0.1, 0.15) is 11.6 Å². The number of anilines is 1. The summed E-state index contributed by atoms with van der Waals surface area (Å²) in [6.07, 6.45) is 0.196. The van der Waals surface area contributed by atoms with Crippen LogP contribution in [-0.4, -0.2) is 28.4 Å². The second-order valence-corrected chi connectivity index (χ2v) is 8.96. The lowest BCUT2D eigenvalue weighted by Crippen LogP contribution is -2.19. The summed E-state index contributed by atoms with van der Waals surface area (Å²) in [4.78, 5) is 24.3. The Hall–Kier alpha value is -3.32. The molecule has 0 atom stereocenters. The van der Waals surface area contributed by atoms with Gasteiger partial charge in [0.25, 0.3) is 0 Å². The first kappa shape index (κ1) is 24.3. The molecule has 0 bridgehead atoms. The van der Waals surface area contributed by atoms with E-state index >= 15 is 0 Å². The molecule has 3 rings (SSSR count). The molecule has 3 aromatic rings. The third-order valence-corrected chi connectivity index (χ3v) is 5.06. The monoisotopic (exact) mass is 469 g/mol. The van der Waals surface area contributed by atoms with Crippen LogP contribution in [0.2, 0.25) is 5.02 Å². The summed E-state index contributed by atoms with van der Waals surface area (Å²) >= 11 is 5.89. The van der Waals surface area contributed by atoms with E-state index in [0.717, 1.165) is 16.9 Å². The highest BCUT2D eigenvalue weighted by Crippen LogP contribution is 2.27. The summed E-state index contributed by atoms with van der Waals surface area (Å²) in [5.41, 5.74) is 2.29. The van der Waals surface area contributed by atoms with E-state index < -0.39 is 6.09 Å². The zero-order valence-electron chi connectivity index (χ0n) is 19.2. The minimum atomic E-state index is -0.641. The molecular formula is C25H28ClN3O4. The number of aryl methyl sites for hydroxylation is 1. The van der Waals surface area contributed by atoms with E-state index in [1.165, 1.54) is 0 Å². The third-order valence-electron chi connectivity index (χ3n) is 4.81. The molecule has 1 amide bonds. The number of benzene rings is 2. The van der Waals surface area contributed by atoms with E-state index in [1.54, 1.807) is 35.9 Å². The number of carbonyl (C=O) groups excluding carboxylic acids is 2. The SMILES string of the molecule is CCOC(=O)CCc1cccc(-n2nc(C(C)(C)C)cc2NC(=O)Oc2ccc(Cl)cc2)c1. The Morgan fingerprint density at radius 3 is 2.48 bits per heavy atom. The predicted octanol–water partition coefficient (Wildman–Crippen LogP) is 5.93. The Kier molecular flexibility index (Phi) is 7.76. The maximum absolute atomic E-state index is 12.6. The van der Waals surface area contributed by atoms with Crippen molar-refractivity contribution in [2.24, 2.45) is 0 Å². The van der Waals surface area contributed by atoms with Crippen molar-refractivity contribution in [1.29, 1.82) is 0 Å².